The average molecular weight is 483 g/mol. The lowest BCUT2D eigenvalue weighted by Gasteiger charge is -2.39. The minimum absolute atomic E-state index is 0.297. The number of ether oxygens (including phenoxy) is 1. The van der Waals surface area contributed by atoms with Gasteiger partial charge in [0.15, 0.2) is 0 Å². The molecule has 0 atom stereocenters. The predicted octanol–water partition coefficient (Wildman–Crippen LogP) is 5.69. The second-order valence-electron chi connectivity index (χ2n) is 8.93. The molecule has 176 valence electrons. The Hall–Kier alpha value is -2.96. The van der Waals surface area contributed by atoms with E-state index in [9.17, 15) is 13.6 Å². The summed E-state index contributed by atoms with van der Waals surface area (Å²) >= 11 is 6.33. The Bertz CT molecular complexity index is 1180. The van der Waals surface area contributed by atoms with Gasteiger partial charge in [0.05, 0.1) is 0 Å². The zero-order valence-electron chi connectivity index (χ0n) is 18.6. The lowest BCUT2D eigenvalue weighted by Crippen LogP contribution is -2.47. The molecule has 0 saturated carbocycles. The molecule has 0 N–H and O–H groups in total. The van der Waals surface area contributed by atoms with Crippen molar-refractivity contribution in [2.24, 2.45) is 0 Å². The summed E-state index contributed by atoms with van der Waals surface area (Å²) in [5, 5.41) is 0.586. The summed E-state index contributed by atoms with van der Waals surface area (Å²) in [5.74, 6) is -1.51. The number of halogens is 3. The minimum Gasteiger partial charge on any atom is -0.492 e. The van der Waals surface area contributed by atoms with Gasteiger partial charge in [0.25, 0.3) is 5.91 Å². The van der Waals surface area contributed by atoms with Crippen molar-refractivity contribution < 1.29 is 18.3 Å². The zero-order chi connectivity index (χ0) is 23.7. The predicted molar refractivity (Wildman–Crippen MR) is 129 cm³/mol. The van der Waals surface area contributed by atoms with Crippen LogP contribution in [0.15, 0.2) is 66.7 Å². The number of carbonyl (C=O) groups is 1. The second-order valence-corrected chi connectivity index (χ2v) is 9.37. The van der Waals surface area contributed by atoms with Crippen molar-refractivity contribution >= 4 is 23.2 Å². The van der Waals surface area contributed by atoms with Crippen LogP contribution in [0.3, 0.4) is 0 Å². The van der Waals surface area contributed by atoms with Crippen molar-refractivity contribution in [1.29, 1.82) is 0 Å². The van der Waals surface area contributed by atoms with E-state index in [1.165, 1.54) is 11.0 Å². The molecular formula is C27H25ClF2N2O2. The lowest BCUT2D eigenvalue weighted by atomic mass is 9.74. The molecule has 1 saturated heterocycles. The number of hydrogen-bond donors (Lipinski definition) is 0. The molecule has 2 heterocycles. The van der Waals surface area contributed by atoms with E-state index in [0.29, 0.717) is 23.9 Å². The van der Waals surface area contributed by atoms with Gasteiger partial charge in [0.2, 0.25) is 0 Å². The topological polar surface area (TPSA) is 32.8 Å². The Morgan fingerprint density at radius 1 is 0.971 bits per heavy atom. The molecule has 2 aliphatic rings. The highest BCUT2D eigenvalue weighted by atomic mass is 35.5. The Morgan fingerprint density at radius 3 is 2.38 bits per heavy atom. The molecule has 3 aromatic rings. The maximum absolute atomic E-state index is 14.4. The van der Waals surface area contributed by atoms with Gasteiger partial charge in [-0.25, -0.2) is 8.78 Å². The van der Waals surface area contributed by atoms with Crippen molar-refractivity contribution in [3.63, 3.8) is 0 Å². The molecule has 5 rings (SSSR count). The number of nitrogens with zero attached hydrogens (tertiary/aromatic N) is 2. The molecule has 7 heteroatoms. The Labute approximate surface area is 202 Å². The van der Waals surface area contributed by atoms with E-state index in [4.69, 9.17) is 16.3 Å². The van der Waals surface area contributed by atoms with Crippen LogP contribution in [0.5, 0.6) is 5.75 Å². The first-order valence-corrected chi connectivity index (χ1v) is 11.8. The van der Waals surface area contributed by atoms with Gasteiger partial charge in [-0.1, -0.05) is 35.9 Å². The van der Waals surface area contributed by atoms with Crippen molar-refractivity contribution in [1.82, 2.24) is 4.90 Å². The number of anilines is 1. The Kier molecular flexibility index (Phi) is 6.28. The van der Waals surface area contributed by atoms with E-state index < -0.39 is 23.1 Å². The first-order chi connectivity index (χ1) is 16.5. The van der Waals surface area contributed by atoms with Gasteiger partial charge >= 0.3 is 0 Å². The van der Waals surface area contributed by atoms with Crippen LogP contribution in [0.25, 0.3) is 0 Å². The Morgan fingerprint density at radius 2 is 1.68 bits per heavy atom. The zero-order valence-corrected chi connectivity index (χ0v) is 19.4. The molecule has 1 fully saturated rings. The molecule has 3 aromatic carbocycles. The third kappa shape index (κ3) is 4.28. The minimum atomic E-state index is -0.852. The fourth-order valence-corrected chi connectivity index (χ4v) is 5.27. The summed E-state index contributed by atoms with van der Waals surface area (Å²) < 4.78 is 34.6. The maximum Gasteiger partial charge on any atom is 0.264 e. The van der Waals surface area contributed by atoms with Gasteiger partial charge in [-0.3, -0.25) is 9.69 Å². The molecule has 0 aromatic heterocycles. The van der Waals surface area contributed by atoms with Gasteiger partial charge in [-0.2, -0.15) is 0 Å². The van der Waals surface area contributed by atoms with E-state index >= 15 is 0 Å². The van der Waals surface area contributed by atoms with Crippen LogP contribution in [-0.2, 0) is 5.41 Å². The fraction of sp³-hybridized carbons (Fsp3) is 0.296. The quantitative estimate of drug-likeness (QED) is 0.468. The van der Waals surface area contributed by atoms with Crippen molar-refractivity contribution in [2.45, 2.75) is 18.3 Å². The van der Waals surface area contributed by atoms with E-state index in [1.54, 1.807) is 12.1 Å². The highest BCUT2D eigenvalue weighted by Crippen LogP contribution is 2.48. The van der Waals surface area contributed by atoms with Crippen molar-refractivity contribution in [3.05, 3.63) is 94.5 Å². The highest BCUT2D eigenvalue weighted by molar-refractivity contribution is 6.30. The molecule has 0 unspecified atom stereocenters. The first kappa shape index (κ1) is 22.8. The third-order valence-corrected chi connectivity index (χ3v) is 7.17. The van der Waals surface area contributed by atoms with E-state index in [2.05, 4.69) is 4.90 Å². The highest BCUT2D eigenvalue weighted by Gasteiger charge is 2.47. The Balaban J connectivity index is 1.32. The SMILES string of the molecule is O=C(c1c(F)cccc1F)N1CC2(CCN(CCOc3ccccc3)CC2)c2cc(Cl)ccc21. The number of hydrogen-bond acceptors (Lipinski definition) is 3. The number of fused-ring (bicyclic) bond motifs is 2. The maximum atomic E-state index is 14.4. The van der Waals surface area contributed by atoms with Gasteiger partial charge in [0.1, 0.15) is 29.6 Å². The molecule has 0 aliphatic carbocycles. The monoisotopic (exact) mass is 482 g/mol. The molecule has 1 spiro atoms. The normalized spacial score (nSPS) is 17.1. The number of amides is 1. The largest absolute Gasteiger partial charge is 0.492 e. The molecule has 34 heavy (non-hydrogen) atoms. The summed E-state index contributed by atoms with van der Waals surface area (Å²) in [7, 11) is 0. The van der Waals surface area contributed by atoms with Crippen molar-refractivity contribution in [3.8, 4) is 5.75 Å². The summed E-state index contributed by atoms with van der Waals surface area (Å²) in [6.45, 7) is 3.44. The number of para-hydroxylation sites is 1. The summed E-state index contributed by atoms with van der Waals surface area (Å²) in [4.78, 5) is 17.2. The van der Waals surface area contributed by atoms with Crippen LogP contribution < -0.4 is 9.64 Å². The van der Waals surface area contributed by atoms with Crippen molar-refractivity contribution in [2.75, 3.05) is 37.7 Å². The van der Waals surface area contributed by atoms with Gasteiger partial charge in [-0.05, 0) is 74.0 Å². The molecule has 1 amide bonds. The molecule has 2 aliphatic heterocycles. The molecule has 0 radical (unpaired) electrons. The van der Waals surface area contributed by atoms with E-state index in [0.717, 1.165) is 55.9 Å². The first-order valence-electron chi connectivity index (χ1n) is 11.4. The molecular weight excluding hydrogens is 458 g/mol. The summed E-state index contributed by atoms with van der Waals surface area (Å²) in [6.07, 6.45) is 1.63. The van der Waals surface area contributed by atoms with Gasteiger partial charge < -0.3 is 9.64 Å². The fourth-order valence-electron chi connectivity index (χ4n) is 5.10. The number of piperidine rings is 1. The average Bonchev–Trinajstić information content (AvgIpc) is 3.14. The smallest absolute Gasteiger partial charge is 0.264 e. The molecule has 4 nitrogen and oxygen atoms in total. The number of carbonyl (C=O) groups excluding carboxylic acids is 1. The lowest BCUT2D eigenvalue weighted by molar-refractivity contribution is 0.0966. The van der Waals surface area contributed by atoms with Crippen LogP contribution in [0, 0.1) is 11.6 Å². The number of rotatable bonds is 5. The van der Waals surface area contributed by atoms with Crippen LogP contribution in [0.1, 0.15) is 28.8 Å². The van der Waals surface area contributed by atoms with E-state index in [-0.39, 0.29) is 5.41 Å². The standard InChI is InChI=1S/C27H25ClF2N2O2/c28-19-9-10-24-21(17-19)27(18-32(24)26(33)25-22(29)7-4-8-23(25)30)11-13-31(14-12-27)15-16-34-20-5-2-1-3-6-20/h1-10,17H,11-16,18H2. The number of benzene rings is 3. The summed E-state index contributed by atoms with van der Waals surface area (Å²) in [5.41, 5.74) is 0.841. The summed E-state index contributed by atoms with van der Waals surface area (Å²) in [6, 6.07) is 18.6. The van der Waals surface area contributed by atoms with Crippen LogP contribution in [-0.4, -0.2) is 43.6 Å². The van der Waals surface area contributed by atoms with Crippen LogP contribution in [0.4, 0.5) is 14.5 Å². The van der Waals surface area contributed by atoms with Gasteiger partial charge in [0, 0.05) is 29.2 Å². The van der Waals surface area contributed by atoms with Crippen LogP contribution >= 0.6 is 11.6 Å². The van der Waals surface area contributed by atoms with Crippen LogP contribution in [0.2, 0.25) is 5.02 Å². The number of likely N-dealkylation sites (tertiary alicyclic amines) is 1. The second kappa shape index (κ2) is 9.35. The van der Waals surface area contributed by atoms with E-state index in [1.807, 2.05) is 36.4 Å². The third-order valence-electron chi connectivity index (χ3n) is 6.94. The van der Waals surface area contributed by atoms with Gasteiger partial charge in [-0.15, -0.1) is 0 Å². The molecule has 0 bridgehead atoms.